The summed E-state index contributed by atoms with van der Waals surface area (Å²) in [6, 6.07) is 21.3. The molecular formula is C30H27F3N4O2. The average molecular weight is 533 g/mol. The van der Waals surface area contributed by atoms with Crippen molar-refractivity contribution in [3.8, 4) is 0 Å². The fourth-order valence-corrected chi connectivity index (χ4v) is 5.10. The van der Waals surface area contributed by atoms with Gasteiger partial charge in [0.15, 0.2) is 0 Å². The smallest absolute Gasteiger partial charge is 0.361 e. The number of carbonyl (C=O) groups is 2. The van der Waals surface area contributed by atoms with Crippen LogP contribution in [0.2, 0.25) is 0 Å². The Balaban J connectivity index is 1.54. The molecule has 1 aliphatic heterocycles. The molecule has 3 N–H and O–H groups in total. The van der Waals surface area contributed by atoms with Gasteiger partial charge in [-0.1, -0.05) is 66.7 Å². The molecule has 0 bridgehead atoms. The van der Waals surface area contributed by atoms with E-state index >= 15 is 0 Å². The van der Waals surface area contributed by atoms with Gasteiger partial charge in [0.25, 0.3) is 5.91 Å². The minimum absolute atomic E-state index is 0.153. The minimum Gasteiger partial charge on any atom is -0.361 e. The zero-order chi connectivity index (χ0) is 27.6. The fraction of sp³-hybridized carbons (Fsp3) is 0.200. The lowest BCUT2D eigenvalue weighted by molar-refractivity contribution is -0.209. The number of hydrogen-bond acceptors (Lipinski definition) is 3. The first-order valence-electron chi connectivity index (χ1n) is 12.5. The highest BCUT2D eigenvalue weighted by molar-refractivity contribution is 5.96. The van der Waals surface area contributed by atoms with E-state index in [9.17, 15) is 22.8 Å². The van der Waals surface area contributed by atoms with E-state index in [-0.39, 0.29) is 12.0 Å². The van der Waals surface area contributed by atoms with Gasteiger partial charge in [0, 0.05) is 28.7 Å². The van der Waals surface area contributed by atoms with Crippen molar-refractivity contribution in [1.29, 1.82) is 0 Å². The highest BCUT2D eigenvalue weighted by Gasteiger charge is 2.54. The maximum absolute atomic E-state index is 14.4. The Labute approximate surface area is 223 Å². The van der Waals surface area contributed by atoms with Crippen LogP contribution in [-0.4, -0.2) is 57.6 Å². The number of amides is 2. The molecule has 3 aromatic carbocycles. The van der Waals surface area contributed by atoms with Crippen molar-refractivity contribution in [1.82, 2.24) is 14.8 Å². The normalized spacial score (nSPS) is 20.1. The van der Waals surface area contributed by atoms with Gasteiger partial charge in [0.05, 0.1) is 12.6 Å². The number of aromatic nitrogens is 1. The van der Waals surface area contributed by atoms with E-state index in [2.05, 4.69) is 4.98 Å². The number of nitrogens with one attached hydrogen (secondary N) is 1. The van der Waals surface area contributed by atoms with Crippen LogP contribution in [0.1, 0.15) is 21.5 Å². The number of piperazine rings is 1. The van der Waals surface area contributed by atoms with Gasteiger partial charge in [-0.15, -0.1) is 0 Å². The van der Waals surface area contributed by atoms with Gasteiger partial charge in [-0.05, 0) is 41.8 Å². The quantitative estimate of drug-likeness (QED) is 0.355. The topological polar surface area (TPSA) is 82.4 Å². The van der Waals surface area contributed by atoms with Crippen LogP contribution >= 0.6 is 0 Å². The summed E-state index contributed by atoms with van der Waals surface area (Å²) in [6.45, 7) is -0.733. The summed E-state index contributed by atoms with van der Waals surface area (Å²) in [5.74, 6) is -1.44. The largest absolute Gasteiger partial charge is 0.410 e. The molecule has 6 nitrogen and oxygen atoms in total. The first-order valence-corrected chi connectivity index (χ1v) is 12.5. The van der Waals surface area contributed by atoms with E-state index in [1.165, 1.54) is 11.0 Å². The monoisotopic (exact) mass is 532 g/mol. The number of rotatable bonds is 5. The predicted octanol–water partition coefficient (Wildman–Crippen LogP) is 4.99. The molecule has 2 heterocycles. The Morgan fingerprint density at radius 1 is 0.949 bits per heavy atom. The molecule has 0 saturated carbocycles. The molecule has 0 aliphatic carbocycles. The van der Waals surface area contributed by atoms with Crippen LogP contribution in [0.15, 0.2) is 97.2 Å². The van der Waals surface area contributed by atoms with Crippen molar-refractivity contribution in [3.63, 3.8) is 0 Å². The number of para-hydroxylation sites is 1. The summed E-state index contributed by atoms with van der Waals surface area (Å²) < 4.78 is 43.3. The van der Waals surface area contributed by atoms with Gasteiger partial charge in [-0.3, -0.25) is 9.59 Å². The number of fused-ring (bicyclic) bond motifs is 1. The molecular weight excluding hydrogens is 505 g/mol. The maximum atomic E-state index is 14.4. The maximum Gasteiger partial charge on any atom is 0.410 e. The number of carbonyl (C=O) groups excluding carboxylic acids is 2. The third kappa shape index (κ3) is 5.44. The molecule has 1 aromatic heterocycles. The number of halogens is 3. The van der Waals surface area contributed by atoms with Crippen molar-refractivity contribution in [2.75, 3.05) is 6.54 Å². The zero-order valence-corrected chi connectivity index (χ0v) is 20.9. The van der Waals surface area contributed by atoms with E-state index in [1.807, 2.05) is 24.3 Å². The van der Waals surface area contributed by atoms with Gasteiger partial charge >= 0.3 is 6.18 Å². The molecule has 2 amide bonds. The SMILES string of the molecule is NC1C(Cc2c[nH]c3ccccc23)N(C(=O)c2ccccc2)CC(C(F)(F)F)N1C(=O)C=Cc1ccccc1. The van der Waals surface area contributed by atoms with Crippen LogP contribution in [0, 0.1) is 0 Å². The molecule has 1 aliphatic rings. The summed E-state index contributed by atoms with van der Waals surface area (Å²) in [5.41, 5.74) is 9.06. The van der Waals surface area contributed by atoms with Gasteiger partial charge in [-0.2, -0.15) is 13.2 Å². The Kier molecular flexibility index (Phi) is 7.26. The van der Waals surface area contributed by atoms with E-state index < -0.39 is 42.8 Å². The minimum atomic E-state index is -4.81. The molecule has 1 saturated heterocycles. The third-order valence-corrected chi connectivity index (χ3v) is 7.06. The summed E-state index contributed by atoms with van der Waals surface area (Å²) >= 11 is 0. The summed E-state index contributed by atoms with van der Waals surface area (Å²) in [5, 5.41) is 0.872. The molecule has 3 atom stereocenters. The number of alkyl halides is 3. The standard InChI is InChI=1S/C30H27F3N4O2/c31-30(32,33)26-19-36(29(39)21-11-5-2-6-12-21)25(17-22-18-35-24-14-8-7-13-23(22)24)28(34)37(26)27(38)16-15-20-9-3-1-4-10-20/h1-16,18,25-26,28,35H,17,19,34H2. The Hall–Kier alpha value is -4.37. The van der Waals surface area contributed by atoms with E-state index in [0.717, 1.165) is 22.5 Å². The summed E-state index contributed by atoms with van der Waals surface area (Å²) in [7, 11) is 0. The van der Waals surface area contributed by atoms with Crippen molar-refractivity contribution in [2.45, 2.75) is 30.8 Å². The number of nitrogens with zero attached hydrogens (tertiary/aromatic N) is 2. The number of hydrogen-bond donors (Lipinski definition) is 2. The molecule has 200 valence electrons. The fourth-order valence-electron chi connectivity index (χ4n) is 5.10. The Bertz CT molecular complexity index is 1480. The lowest BCUT2D eigenvalue weighted by atomic mass is 9.94. The highest BCUT2D eigenvalue weighted by atomic mass is 19.4. The molecule has 1 fully saturated rings. The zero-order valence-electron chi connectivity index (χ0n) is 20.9. The second kappa shape index (κ2) is 10.8. The van der Waals surface area contributed by atoms with E-state index in [1.54, 1.807) is 66.9 Å². The number of H-pyrrole nitrogens is 1. The van der Waals surface area contributed by atoms with Gasteiger partial charge in [0.2, 0.25) is 5.91 Å². The Morgan fingerprint density at radius 3 is 2.28 bits per heavy atom. The van der Waals surface area contributed by atoms with E-state index in [0.29, 0.717) is 10.5 Å². The van der Waals surface area contributed by atoms with Gasteiger partial charge < -0.3 is 20.5 Å². The number of aromatic amines is 1. The van der Waals surface area contributed by atoms with Crippen LogP contribution in [0.25, 0.3) is 17.0 Å². The van der Waals surface area contributed by atoms with Crippen LogP contribution < -0.4 is 5.73 Å². The van der Waals surface area contributed by atoms with Crippen LogP contribution in [0.4, 0.5) is 13.2 Å². The molecule has 0 radical (unpaired) electrons. The van der Waals surface area contributed by atoms with Crippen LogP contribution in [0.3, 0.4) is 0 Å². The summed E-state index contributed by atoms with van der Waals surface area (Å²) in [4.78, 5) is 31.9. The van der Waals surface area contributed by atoms with Crippen molar-refractivity contribution in [3.05, 3.63) is 114 Å². The van der Waals surface area contributed by atoms with Crippen molar-refractivity contribution >= 4 is 28.8 Å². The number of nitrogens with two attached hydrogens (primary N) is 1. The Morgan fingerprint density at radius 2 is 1.59 bits per heavy atom. The molecule has 0 spiro atoms. The number of benzene rings is 3. The van der Waals surface area contributed by atoms with Gasteiger partial charge in [0.1, 0.15) is 12.2 Å². The molecule has 3 unspecified atom stereocenters. The lowest BCUT2D eigenvalue weighted by Gasteiger charge is -2.50. The molecule has 5 rings (SSSR count). The lowest BCUT2D eigenvalue weighted by Crippen LogP contribution is -2.72. The van der Waals surface area contributed by atoms with Crippen LogP contribution in [0.5, 0.6) is 0 Å². The average Bonchev–Trinajstić information content (AvgIpc) is 3.35. The molecule has 9 heteroatoms. The van der Waals surface area contributed by atoms with Gasteiger partial charge in [-0.25, -0.2) is 0 Å². The summed E-state index contributed by atoms with van der Waals surface area (Å²) in [6.07, 6.45) is -1.75. The van der Waals surface area contributed by atoms with E-state index in [4.69, 9.17) is 5.73 Å². The predicted molar refractivity (Wildman–Crippen MR) is 143 cm³/mol. The highest BCUT2D eigenvalue weighted by Crippen LogP contribution is 2.34. The third-order valence-electron chi connectivity index (χ3n) is 7.06. The second-order valence-electron chi connectivity index (χ2n) is 9.49. The molecule has 39 heavy (non-hydrogen) atoms. The molecule has 4 aromatic rings. The first kappa shape index (κ1) is 26.2. The van der Waals surface area contributed by atoms with Crippen LogP contribution in [-0.2, 0) is 11.2 Å². The van der Waals surface area contributed by atoms with Crippen molar-refractivity contribution in [2.24, 2.45) is 5.73 Å². The van der Waals surface area contributed by atoms with Crippen molar-refractivity contribution < 1.29 is 22.8 Å². The second-order valence-corrected chi connectivity index (χ2v) is 9.49. The first-order chi connectivity index (χ1) is 18.7.